The Balaban J connectivity index is 2.24. The zero-order valence-corrected chi connectivity index (χ0v) is 7.30. The van der Waals surface area contributed by atoms with Gasteiger partial charge < -0.3 is 5.32 Å². The standard InChI is InChI=1S/C8H10ClNO2/c9-8(12)6-5-2-1-4(3-10-5)7(6)11/h4-6,10H,1-3H2. The van der Waals surface area contributed by atoms with Crippen molar-refractivity contribution in [3.8, 4) is 0 Å². The fourth-order valence-electron chi connectivity index (χ4n) is 2.13. The molecule has 2 heterocycles. The highest BCUT2D eigenvalue weighted by Crippen LogP contribution is 2.31. The van der Waals surface area contributed by atoms with Crippen LogP contribution in [-0.4, -0.2) is 23.6 Å². The number of ketones is 1. The third kappa shape index (κ3) is 1.08. The summed E-state index contributed by atoms with van der Waals surface area (Å²) >= 11 is 5.35. The van der Waals surface area contributed by atoms with E-state index < -0.39 is 11.2 Å². The van der Waals surface area contributed by atoms with E-state index in [1.807, 2.05) is 0 Å². The van der Waals surface area contributed by atoms with Crippen LogP contribution in [0.1, 0.15) is 12.8 Å². The van der Waals surface area contributed by atoms with Crippen LogP contribution in [0.2, 0.25) is 0 Å². The second-order valence-electron chi connectivity index (χ2n) is 3.47. The van der Waals surface area contributed by atoms with E-state index in [2.05, 4.69) is 5.32 Å². The molecule has 3 fully saturated rings. The highest BCUT2D eigenvalue weighted by atomic mass is 35.5. The number of hydrogen-bond donors (Lipinski definition) is 1. The lowest BCUT2D eigenvalue weighted by molar-refractivity contribution is -0.138. The van der Waals surface area contributed by atoms with E-state index in [-0.39, 0.29) is 17.7 Å². The van der Waals surface area contributed by atoms with Crippen LogP contribution in [0.15, 0.2) is 0 Å². The third-order valence-corrected chi connectivity index (χ3v) is 3.04. The zero-order valence-electron chi connectivity index (χ0n) is 6.55. The van der Waals surface area contributed by atoms with E-state index in [0.29, 0.717) is 0 Å². The Morgan fingerprint density at radius 2 is 2.25 bits per heavy atom. The zero-order chi connectivity index (χ0) is 8.72. The summed E-state index contributed by atoms with van der Waals surface area (Å²) in [4.78, 5) is 22.4. The Labute approximate surface area is 75.5 Å². The highest BCUT2D eigenvalue weighted by Gasteiger charge is 2.45. The Kier molecular flexibility index (Phi) is 1.93. The van der Waals surface area contributed by atoms with Crippen molar-refractivity contribution in [3.63, 3.8) is 0 Å². The topological polar surface area (TPSA) is 46.2 Å². The second-order valence-corrected chi connectivity index (χ2v) is 3.85. The normalized spacial score (nSPS) is 40.1. The molecule has 3 atom stereocenters. The van der Waals surface area contributed by atoms with Crippen LogP contribution in [-0.2, 0) is 9.59 Å². The van der Waals surface area contributed by atoms with Gasteiger partial charge in [0.15, 0.2) is 5.78 Å². The Hall–Kier alpha value is -0.410. The van der Waals surface area contributed by atoms with Crippen LogP contribution in [0.4, 0.5) is 0 Å². The maximum atomic E-state index is 11.5. The number of hydrogen-bond acceptors (Lipinski definition) is 3. The predicted molar refractivity (Wildman–Crippen MR) is 43.9 cm³/mol. The molecule has 2 saturated heterocycles. The number of fused-ring (bicyclic) bond motifs is 3. The molecule has 0 aromatic rings. The minimum absolute atomic E-state index is 0.00694. The monoisotopic (exact) mass is 187 g/mol. The molecule has 2 aliphatic heterocycles. The van der Waals surface area contributed by atoms with Crippen LogP contribution < -0.4 is 5.32 Å². The smallest absolute Gasteiger partial charge is 0.233 e. The van der Waals surface area contributed by atoms with E-state index in [1.165, 1.54) is 0 Å². The van der Waals surface area contributed by atoms with Crippen LogP contribution in [0.25, 0.3) is 0 Å². The molecular weight excluding hydrogens is 178 g/mol. The van der Waals surface area contributed by atoms with Gasteiger partial charge >= 0.3 is 0 Å². The van der Waals surface area contributed by atoms with Crippen molar-refractivity contribution < 1.29 is 9.59 Å². The summed E-state index contributed by atoms with van der Waals surface area (Å²) in [5.74, 6) is -0.494. The van der Waals surface area contributed by atoms with Crippen LogP contribution in [0.5, 0.6) is 0 Å². The first kappa shape index (κ1) is 8.20. The SMILES string of the molecule is O=C(Cl)C1C(=O)C2CCC1NC2. The van der Waals surface area contributed by atoms with Crippen molar-refractivity contribution in [2.75, 3.05) is 6.54 Å². The van der Waals surface area contributed by atoms with E-state index in [4.69, 9.17) is 11.6 Å². The van der Waals surface area contributed by atoms with Crippen LogP contribution >= 0.6 is 11.6 Å². The largest absolute Gasteiger partial charge is 0.312 e. The minimum atomic E-state index is -0.570. The van der Waals surface area contributed by atoms with Crippen molar-refractivity contribution in [1.82, 2.24) is 5.32 Å². The first-order chi connectivity index (χ1) is 5.70. The Morgan fingerprint density at radius 3 is 2.58 bits per heavy atom. The maximum absolute atomic E-state index is 11.5. The molecule has 0 aromatic heterocycles. The molecule has 3 aliphatic rings. The fraction of sp³-hybridized carbons (Fsp3) is 0.750. The number of nitrogens with one attached hydrogen (secondary N) is 1. The molecule has 1 N–H and O–H groups in total. The van der Waals surface area contributed by atoms with Gasteiger partial charge in [-0.15, -0.1) is 0 Å². The number of halogens is 1. The molecule has 4 heteroatoms. The number of Topliss-reactive ketones (excluding diaryl/α,β-unsaturated/α-hetero) is 1. The summed E-state index contributed by atoms with van der Waals surface area (Å²) in [6.45, 7) is 0.726. The van der Waals surface area contributed by atoms with E-state index in [0.717, 1.165) is 19.4 Å². The third-order valence-electron chi connectivity index (χ3n) is 2.81. The molecule has 12 heavy (non-hydrogen) atoms. The number of carbonyl (C=O) groups excluding carboxylic acids is 2. The van der Waals surface area contributed by atoms with Gasteiger partial charge in [-0.1, -0.05) is 0 Å². The fourth-order valence-corrected chi connectivity index (χ4v) is 2.39. The highest BCUT2D eigenvalue weighted by molar-refractivity contribution is 6.65. The molecule has 0 radical (unpaired) electrons. The molecule has 3 unspecified atom stereocenters. The van der Waals surface area contributed by atoms with Crippen LogP contribution in [0, 0.1) is 11.8 Å². The van der Waals surface area contributed by atoms with Crippen molar-refractivity contribution >= 4 is 22.6 Å². The Bertz CT molecular complexity index is 233. The average Bonchev–Trinajstić information content (AvgIpc) is 2.05. The number of rotatable bonds is 1. The molecule has 3 rings (SSSR count). The van der Waals surface area contributed by atoms with Crippen molar-refractivity contribution in [3.05, 3.63) is 0 Å². The lowest BCUT2D eigenvalue weighted by atomic mass is 9.73. The molecule has 3 nitrogen and oxygen atoms in total. The van der Waals surface area contributed by atoms with Gasteiger partial charge in [0.25, 0.3) is 0 Å². The predicted octanol–water partition coefficient (Wildman–Crippen LogP) is 0.319. The van der Waals surface area contributed by atoms with Gasteiger partial charge in [0.05, 0.1) is 0 Å². The lowest BCUT2D eigenvalue weighted by Gasteiger charge is -2.40. The summed E-state index contributed by atoms with van der Waals surface area (Å²) in [5, 5.41) is 2.66. The van der Waals surface area contributed by atoms with Crippen molar-refractivity contribution in [2.24, 2.45) is 11.8 Å². The molecule has 2 bridgehead atoms. The first-order valence-corrected chi connectivity index (χ1v) is 4.54. The summed E-state index contributed by atoms with van der Waals surface area (Å²) in [6, 6.07) is 0.00694. The summed E-state index contributed by atoms with van der Waals surface area (Å²) < 4.78 is 0. The lowest BCUT2D eigenvalue weighted by Crippen LogP contribution is -2.57. The van der Waals surface area contributed by atoms with Crippen molar-refractivity contribution in [2.45, 2.75) is 18.9 Å². The molecule has 1 aliphatic carbocycles. The van der Waals surface area contributed by atoms with E-state index in [1.54, 1.807) is 0 Å². The molecule has 0 spiro atoms. The van der Waals surface area contributed by atoms with Gasteiger partial charge in [0, 0.05) is 18.5 Å². The minimum Gasteiger partial charge on any atom is -0.312 e. The van der Waals surface area contributed by atoms with E-state index in [9.17, 15) is 9.59 Å². The summed E-state index contributed by atoms with van der Waals surface area (Å²) in [6.07, 6.45) is 1.82. The van der Waals surface area contributed by atoms with Gasteiger partial charge in [-0.3, -0.25) is 9.59 Å². The molecule has 1 saturated carbocycles. The van der Waals surface area contributed by atoms with E-state index >= 15 is 0 Å². The van der Waals surface area contributed by atoms with Gasteiger partial charge in [-0.2, -0.15) is 0 Å². The molecule has 0 amide bonds. The van der Waals surface area contributed by atoms with Gasteiger partial charge in [0.1, 0.15) is 5.92 Å². The second kappa shape index (κ2) is 2.82. The molecular formula is C8H10ClNO2. The number of piperidine rings is 2. The molecule has 0 aromatic carbocycles. The first-order valence-electron chi connectivity index (χ1n) is 4.16. The summed E-state index contributed by atoms with van der Waals surface area (Å²) in [5.41, 5.74) is 0. The maximum Gasteiger partial charge on any atom is 0.233 e. The quantitative estimate of drug-likeness (QED) is 0.475. The number of carbonyl (C=O) groups is 2. The average molecular weight is 188 g/mol. The van der Waals surface area contributed by atoms with Crippen molar-refractivity contribution in [1.29, 1.82) is 0 Å². The Morgan fingerprint density at radius 1 is 1.50 bits per heavy atom. The molecule has 66 valence electrons. The van der Waals surface area contributed by atoms with Crippen LogP contribution in [0.3, 0.4) is 0 Å². The van der Waals surface area contributed by atoms with Gasteiger partial charge in [-0.05, 0) is 24.4 Å². The van der Waals surface area contributed by atoms with Gasteiger partial charge in [0.2, 0.25) is 5.24 Å². The van der Waals surface area contributed by atoms with Gasteiger partial charge in [-0.25, -0.2) is 0 Å². The summed E-state index contributed by atoms with van der Waals surface area (Å²) in [7, 11) is 0.